The van der Waals surface area contributed by atoms with Crippen LogP contribution in [0.5, 0.6) is 5.75 Å². The molecule has 2 aromatic carbocycles. The largest absolute Gasteiger partial charge is 0.497 e. The Morgan fingerprint density at radius 3 is 2.47 bits per heavy atom. The maximum absolute atomic E-state index is 12.6. The number of hydrogen-bond donors (Lipinski definition) is 2. The highest BCUT2D eigenvalue weighted by molar-refractivity contribution is 7.89. The SMILES string of the molecule is COc1ccc(N2CCN(CCCNS(=O)(=O)c3ccc4[nH]c(=O)ccc4c3)CC2)cc1. The van der Waals surface area contributed by atoms with Crippen molar-refractivity contribution < 1.29 is 13.2 Å². The number of pyridine rings is 1. The lowest BCUT2D eigenvalue weighted by atomic mass is 10.2. The van der Waals surface area contributed by atoms with E-state index in [2.05, 4.69) is 31.6 Å². The summed E-state index contributed by atoms with van der Waals surface area (Å²) in [7, 11) is -1.93. The zero-order valence-electron chi connectivity index (χ0n) is 18.1. The number of benzene rings is 2. The Balaban J connectivity index is 1.23. The fourth-order valence-electron chi connectivity index (χ4n) is 3.91. The maximum atomic E-state index is 12.6. The van der Waals surface area contributed by atoms with Gasteiger partial charge >= 0.3 is 0 Å². The van der Waals surface area contributed by atoms with Crippen LogP contribution < -0.4 is 19.9 Å². The van der Waals surface area contributed by atoms with E-state index in [1.165, 1.54) is 17.8 Å². The van der Waals surface area contributed by atoms with Crippen LogP contribution in [0.15, 0.2) is 64.3 Å². The van der Waals surface area contributed by atoms with Gasteiger partial charge in [-0.15, -0.1) is 0 Å². The first-order valence-corrected chi connectivity index (χ1v) is 12.2. The zero-order valence-corrected chi connectivity index (χ0v) is 18.9. The van der Waals surface area contributed by atoms with E-state index in [9.17, 15) is 13.2 Å². The van der Waals surface area contributed by atoms with Crippen LogP contribution in [-0.4, -0.2) is 64.7 Å². The van der Waals surface area contributed by atoms with Crippen LogP contribution in [0.4, 0.5) is 5.69 Å². The van der Waals surface area contributed by atoms with Crippen molar-refractivity contribution in [2.75, 3.05) is 51.3 Å². The molecule has 2 N–H and O–H groups in total. The van der Waals surface area contributed by atoms with Gasteiger partial charge in [0.1, 0.15) is 5.75 Å². The second-order valence-electron chi connectivity index (χ2n) is 7.85. The Morgan fingerprint density at radius 2 is 1.75 bits per heavy atom. The third-order valence-corrected chi connectivity index (χ3v) is 7.22. The monoisotopic (exact) mass is 456 g/mol. The van der Waals surface area contributed by atoms with Crippen molar-refractivity contribution in [2.45, 2.75) is 11.3 Å². The number of H-pyrrole nitrogens is 1. The van der Waals surface area contributed by atoms with E-state index in [4.69, 9.17) is 4.74 Å². The number of aromatic nitrogens is 1. The molecular formula is C23H28N4O4S. The van der Waals surface area contributed by atoms with E-state index in [1.54, 1.807) is 25.3 Å². The number of fused-ring (bicyclic) bond motifs is 1. The zero-order chi connectivity index (χ0) is 22.6. The second kappa shape index (κ2) is 9.72. The number of piperazine rings is 1. The van der Waals surface area contributed by atoms with Crippen LogP contribution in [-0.2, 0) is 10.0 Å². The molecule has 3 aromatic rings. The van der Waals surface area contributed by atoms with Crippen LogP contribution in [0, 0.1) is 0 Å². The molecule has 0 saturated carbocycles. The number of sulfonamides is 1. The quantitative estimate of drug-likeness (QED) is 0.504. The summed E-state index contributed by atoms with van der Waals surface area (Å²) < 4.78 is 33.2. The number of ether oxygens (including phenoxy) is 1. The molecule has 0 bridgehead atoms. The van der Waals surface area contributed by atoms with Gasteiger partial charge in [0.2, 0.25) is 15.6 Å². The first-order chi connectivity index (χ1) is 15.4. The van der Waals surface area contributed by atoms with Crippen molar-refractivity contribution >= 4 is 26.6 Å². The van der Waals surface area contributed by atoms with E-state index in [0.717, 1.165) is 44.9 Å². The number of rotatable bonds is 8. The van der Waals surface area contributed by atoms with E-state index >= 15 is 0 Å². The van der Waals surface area contributed by atoms with E-state index in [1.807, 2.05) is 12.1 Å². The molecule has 1 saturated heterocycles. The number of anilines is 1. The summed E-state index contributed by atoms with van der Waals surface area (Å²) in [5.41, 5.74) is 1.60. The minimum absolute atomic E-state index is 0.199. The number of nitrogens with zero attached hydrogens (tertiary/aromatic N) is 2. The lowest BCUT2D eigenvalue weighted by Gasteiger charge is -2.36. The summed E-state index contributed by atoms with van der Waals surface area (Å²) in [6, 6.07) is 15.8. The highest BCUT2D eigenvalue weighted by atomic mass is 32.2. The Labute approximate surface area is 187 Å². The standard InChI is InChI=1S/C23H28N4O4S/c1-31-20-6-4-19(5-7-20)27-15-13-26(14-16-27)12-2-11-24-32(29,30)21-8-9-22-18(17-21)3-10-23(28)25-22/h3-10,17,24H,2,11-16H2,1H3,(H,25,28). The van der Waals surface area contributed by atoms with Gasteiger partial charge in [-0.25, -0.2) is 13.1 Å². The van der Waals surface area contributed by atoms with Gasteiger partial charge in [-0.3, -0.25) is 9.69 Å². The molecule has 4 rings (SSSR count). The van der Waals surface area contributed by atoms with Gasteiger partial charge < -0.3 is 14.6 Å². The van der Waals surface area contributed by atoms with Crippen molar-refractivity contribution in [3.8, 4) is 5.75 Å². The van der Waals surface area contributed by atoms with Crippen LogP contribution in [0.3, 0.4) is 0 Å². The van der Waals surface area contributed by atoms with Gasteiger partial charge in [0, 0.05) is 50.0 Å². The summed E-state index contributed by atoms with van der Waals surface area (Å²) in [4.78, 5) is 19.0. The van der Waals surface area contributed by atoms with Crippen LogP contribution in [0.2, 0.25) is 0 Å². The lowest BCUT2D eigenvalue weighted by molar-refractivity contribution is 0.255. The van der Waals surface area contributed by atoms with Crippen LogP contribution in [0.1, 0.15) is 6.42 Å². The van der Waals surface area contributed by atoms with E-state index < -0.39 is 10.0 Å². The molecular weight excluding hydrogens is 428 g/mol. The number of nitrogens with one attached hydrogen (secondary N) is 2. The minimum atomic E-state index is -3.59. The highest BCUT2D eigenvalue weighted by Gasteiger charge is 2.18. The first-order valence-electron chi connectivity index (χ1n) is 10.7. The van der Waals surface area contributed by atoms with Gasteiger partial charge in [-0.2, -0.15) is 0 Å². The molecule has 0 aliphatic carbocycles. The van der Waals surface area contributed by atoms with Crippen molar-refractivity contribution in [1.82, 2.24) is 14.6 Å². The lowest BCUT2D eigenvalue weighted by Crippen LogP contribution is -2.47. The average Bonchev–Trinajstić information content (AvgIpc) is 2.82. The predicted molar refractivity (Wildman–Crippen MR) is 126 cm³/mol. The molecule has 170 valence electrons. The van der Waals surface area contributed by atoms with Crippen molar-refractivity contribution in [1.29, 1.82) is 0 Å². The van der Waals surface area contributed by atoms with Gasteiger partial charge in [0.25, 0.3) is 0 Å². The third-order valence-electron chi connectivity index (χ3n) is 5.76. The molecule has 0 unspecified atom stereocenters. The van der Waals surface area contributed by atoms with Crippen molar-refractivity contribution in [3.63, 3.8) is 0 Å². The van der Waals surface area contributed by atoms with Gasteiger partial charge in [-0.05, 0) is 66.9 Å². The van der Waals surface area contributed by atoms with Gasteiger partial charge in [0.05, 0.1) is 12.0 Å². The van der Waals surface area contributed by atoms with Crippen molar-refractivity contribution in [2.24, 2.45) is 0 Å². The molecule has 1 aromatic heterocycles. The number of aromatic amines is 1. The van der Waals surface area contributed by atoms with E-state index in [-0.39, 0.29) is 10.5 Å². The molecule has 1 aliphatic heterocycles. The number of methoxy groups -OCH3 is 1. The fourth-order valence-corrected chi connectivity index (χ4v) is 5.02. The van der Waals surface area contributed by atoms with Gasteiger partial charge in [-0.1, -0.05) is 0 Å². The maximum Gasteiger partial charge on any atom is 0.248 e. The molecule has 1 fully saturated rings. The van der Waals surface area contributed by atoms with Crippen LogP contribution >= 0.6 is 0 Å². The number of hydrogen-bond acceptors (Lipinski definition) is 6. The molecule has 2 heterocycles. The van der Waals surface area contributed by atoms with Crippen molar-refractivity contribution in [3.05, 3.63) is 65.0 Å². The summed E-state index contributed by atoms with van der Waals surface area (Å²) in [5.74, 6) is 0.855. The fraction of sp³-hybridized carbons (Fsp3) is 0.348. The van der Waals surface area contributed by atoms with Gasteiger partial charge in [0.15, 0.2) is 0 Å². The predicted octanol–water partition coefficient (Wildman–Crippen LogP) is 2.03. The highest BCUT2D eigenvalue weighted by Crippen LogP contribution is 2.20. The summed E-state index contributed by atoms with van der Waals surface area (Å²) in [6.07, 6.45) is 0.739. The minimum Gasteiger partial charge on any atom is -0.497 e. The Bertz CT molecular complexity index is 1220. The Morgan fingerprint density at radius 1 is 1.00 bits per heavy atom. The third kappa shape index (κ3) is 5.29. The van der Waals surface area contributed by atoms with Crippen LogP contribution in [0.25, 0.3) is 10.9 Å². The molecule has 1 aliphatic rings. The molecule has 0 radical (unpaired) electrons. The molecule has 0 spiro atoms. The first kappa shape index (κ1) is 22.3. The summed E-state index contributed by atoms with van der Waals surface area (Å²) in [6.45, 7) is 5.00. The molecule has 0 amide bonds. The molecule has 0 atom stereocenters. The topological polar surface area (TPSA) is 94.7 Å². The average molecular weight is 457 g/mol. The summed E-state index contributed by atoms with van der Waals surface area (Å²) in [5, 5.41) is 0.683. The normalized spacial score (nSPS) is 15.2. The smallest absolute Gasteiger partial charge is 0.248 e. The van der Waals surface area contributed by atoms with E-state index in [0.29, 0.717) is 17.4 Å². The summed E-state index contributed by atoms with van der Waals surface area (Å²) >= 11 is 0. The molecule has 8 nitrogen and oxygen atoms in total. The molecule has 9 heteroatoms. The second-order valence-corrected chi connectivity index (χ2v) is 9.62. The molecule has 32 heavy (non-hydrogen) atoms. The Kier molecular flexibility index (Phi) is 6.78. The Hall–Kier alpha value is -2.88.